The highest BCUT2D eigenvalue weighted by Gasteiger charge is 2.42. The summed E-state index contributed by atoms with van der Waals surface area (Å²) in [6, 6.07) is 8.88. The number of para-hydroxylation sites is 1. The van der Waals surface area contributed by atoms with E-state index in [1.807, 2.05) is 18.2 Å². The maximum absolute atomic E-state index is 13.3. The molecule has 2 aromatic rings. The Morgan fingerprint density at radius 1 is 1.28 bits per heavy atom. The summed E-state index contributed by atoms with van der Waals surface area (Å²) >= 11 is 1.61. The Morgan fingerprint density at radius 3 is 2.86 bits per heavy atom. The first-order chi connectivity index (χ1) is 14.2. The van der Waals surface area contributed by atoms with Crippen LogP contribution in [0.2, 0.25) is 0 Å². The number of morpholine rings is 1. The maximum atomic E-state index is 13.3. The van der Waals surface area contributed by atoms with E-state index >= 15 is 0 Å². The van der Waals surface area contributed by atoms with Crippen LogP contribution in [0.3, 0.4) is 0 Å². The molecule has 4 heterocycles. The minimum atomic E-state index is -0.361. The van der Waals surface area contributed by atoms with E-state index in [4.69, 9.17) is 9.72 Å². The second kappa shape index (κ2) is 8.25. The van der Waals surface area contributed by atoms with Gasteiger partial charge in [0.15, 0.2) is 0 Å². The van der Waals surface area contributed by atoms with E-state index in [1.165, 1.54) is 0 Å². The van der Waals surface area contributed by atoms with Crippen LogP contribution in [0.25, 0.3) is 10.2 Å². The van der Waals surface area contributed by atoms with Gasteiger partial charge in [-0.1, -0.05) is 12.1 Å². The van der Waals surface area contributed by atoms with Crippen LogP contribution < -0.4 is 21.3 Å². The molecule has 5 rings (SSSR count). The van der Waals surface area contributed by atoms with Gasteiger partial charge in [0.1, 0.15) is 17.2 Å². The Hall–Kier alpha value is -1.62. The standard InChI is InChI=1S/C20H28N6O2S/c1-12-10-13(11-21-12)22-17-16(19-23-14-4-2-3-5-15(14)29-19)18(27)25-20(24-17)26-6-8-28-9-7-26/h2-5,12-13,16-17,20-22,24H,6-11H2,1H3,(H,25,27)/t12-,13-,16?,17?,20?/m1/s1. The van der Waals surface area contributed by atoms with Crippen molar-refractivity contribution in [1.82, 2.24) is 31.2 Å². The van der Waals surface area contributed by atoms with E-state index in [-0.39, 0.29) is 24.3 Å². The van der Waals surface area contributed by atoms with Gasteiger partial charge in [0.2, 0.25) is 5.91 Å². The number of nitrogens with zero attached hydrogens (tertiary/aromatic N) is 2. The van der Waals surface area contributed by atoms with Crippen molar-refractivity contribution in [3.8, 4) is 0 Å². The average Bonchev–Trinajstić information content (AvgIpc) is 3.34. The zero-order valence-electron chi connectivity index (χ0n) is 16.6. The van der Waals surface area contributed by atoms with Gasteiger partial charge in [0.05, 0.1) is 29.6 Å². The molecule has 9 heteroatoms. The average molecular weight is 417 g/mol. The summed E-state index contributed by atoms with van der Waals surface area (Å²) in [5, 5.41) is 14.9. The SMILES string of the molecule is C[C@@H]1C[C@@H](NC2NC(N3CCOCC3)NC(=O)C2c2nc3ccccc3s2)CN1. The molecule has 3 fully saturated rings. The summed E-state index contributed by atoms with van der Waals surface area (Å²) in [7, 11) is 0. The molecule has 0 radical (unpaired) electrons. The van der Waals surface area contributed by atoms with Gasteiger partial charge in [-0.3, -0.25) is 20.3 Å². The molecule has 1 aromatic heterocycles. The van der Waals surface area contributed by atoms with Crippen molar-refractivity contribution in [3.05, 3.63) is 29.3 Å². The lowest BCUT2D eigenvalue weighted by Crippen LogP contribution is -2.71. The van der Waals surface area contributed by atoms with Gasteiger partial charge < -0.3 is 15.4 Å². The molecule has 0 aliphatic carbocycles. The second-order valence-electron chi connectivity index (χ2n) is 8.11. The van der Waals surface area contributed by atoms with E-state index in [9.17, 15) is 4.79 Å². The first-order valence-corrected chi connectivity index (χ1v) is 11.2. The Labute approximate surface area is 174 Å². The van der Waals surface area contributed by atoms with Crippen LogP contribution in [0, 0.1) is 0 Å². The minimum absolute atomic E-state index is 0.0239. The van der Waals surface area contributed by atoms with Crippen LogP contribution in [-0.2, 0) is 9.53 Å². The highest BCUT2D eigenvalue weighted by molar-refractivity contribution is 7.18. The lowest BCUT2D eigenvalue weighted by Gasteiger charge is -2.43. The number of hydrogen-bond acceptors (Lipinski definition) is 8. The third-order valence-electron chi connectivity index (χ3n) is 5.99. The fourth-order valence-corrected chi connectivity index (χ4v) is 5.56. The molecule has 0 bridgehead atoms. The fourth-order valence-electron chi connectivity index (χ4n) is 4.46. The first kappa shape index (κ1) is 19.3. The van der Waals surface area contributed by atoms with Crippen LogP contribution in [-0.4, -0.2) is 73.2 Å². The lowest BCUT2D eigenvalue weighted by molar-refractivity contribution is -0.131. The van der Waals surface area contributed by atoms with Crippen molar-refractivity contribution in [2.45, 2.75) is 43.8 Å². The number of rotatable bonds is 4. The molecule has 3 saturated heterocycles. The molecule has 29 heavy (non-hydrogen) atoms. The zero-order valence-corrected chi connectivity index (χ0v) is 17.4. The van der Waals surface area contributed by atoms with E-state index < -0.39 is 0 Å². The number of fused-ring (bicyclic) bond motifs is 1. The molecular weight excluding hydrogens is 388 g/mol. The summed E-state index contributed by atoms with van der Waals surface area (Å²) in [4.78, 5) is 20.3. The summed E-state index contributed by atoms with van der Waals surface area (Å²) < 4.78 is 6.58. The van der Waals surface area contributed by atoms with Crippen molar-refractivity contribution in [1.29, 1.82) is 0 Å². The molecule has 3 aliphatic rings. The molecule has 3 unspecified atom stereocenters. The fraction of sp³-hybridized carbons (Fsp3) is 0.600. The van der Waals surface area contributed by atoms with Crippen LogP contribution in [0.4, 0.5) is 0 Å². The predicted molar refractivity (Wildman–Crippen MR) is 113 cm³/mol. The highest BCUT2D eigenvalue weighted by atomic mass is 32.1. The normalized spacial score (nSPS) is 33.8. The quantitative estimate of drug-likeness (QED) is 0.573. The summed E-state index contributed by atoms with van der Waals surface area (Å²) in [6.07, 6.45) is 0.685. The van der Waals surface area contributed by atoms with Gasteiger partial charge in [-0.2, -0.15) is 0 Å². The van der Waals surface area contributed by atoms with Gasteiger partial charge in [-0.05, 0) is 25.5 Å². The molecule has 0 saturated carbocycles. The van der Waals surface area contributed by atoms with Gasteiger partial charge in [-0.25, -0.2) is 4.98 Å². The van der Waals surface area contributed by atoms with Crippen LogP contribution in [0.1, 0.15) is 24.3 Å². The number of benzene rings is 1. The van der Waals surface area contributed by atoms with Crippen molar-refractivity contribution >= 4 is 27.5 Å². The van der Waals surface area contributed by atoms with Crippen LogP contribution in [0.15, 0.2) is 24.3 Å². The molecule has 0 spiro atoms. The van der Waals surface area contributed by atoms with E-state index in [1.54, 1.807) is 11.3 Å². The molecule has 4 N–H and O–H groups in total. The van der Waals surface area contributed by atoms with E-state index in [2.05, 4.69) is 39.2 Å². The van der Waals surface area contributed by atoms with Gasteiger partial charge in [0, 0.05) is 31.7 Å². The number of thiazole rings is 1. The topological polar surface area (TPSA) is 90.5 Å². The number of amides is 1. The van der Waals surface area contributed by atoms with Crippen molar-refractivity contribution in [3.63, 3.8) is 0 Å². The lowest BCUT2D eigenvalue weighted by atomic mass is 10.0. The van der Waals surface area contributed by atoms with Crippen LogP contribution >= 0.6 is 11.3 Å². The van der Waals surface area contributed by atoms with Gasteiger partial charge in [0.25, 0.3) is 0 Å². The third kappa shape index (κ3) is 4.03. The summed E-state index contributed by atoms with van der Waals surface area (Å²) in [5.41, 5.74) is 0.950. The molecule has 156 valence electrons. The molecule has 3 aliphatic heterocycles. The largest absolute Gasteiger partial charge is 0.379 e. The summed E-state index contributed by atoms with van der Waals surface area (Å²) in [6.45, 7) is 6.10. The first-order valence-electron chi connectivity index (χ1n) is 10.4. The Morgan fingerprint density at radius 2 is 2.10 bits per heavy atom. The minimum Gasteiger partial charge on any atom is -0.379 e. The number of hydrogen-bond donors (Lipinski definition) is 4. The smallest absolute Gasteiger partial charge is 0.235 e. The maximum Gasteiger partial charge on any atom is 0.235 e. The van der Waals surface area contributed by atoms with E-state index in [0.29, 0.717) is 25.3 Å². The Balaban J connectivity index is 1.41. The molecular formula is C20H28N6O2S. The Kier molecular flexibility index (Phi) is 5.51. The molecule has 1 amide bonds. The summed E-state index contributed by atoms with van der Waals surface area (Å²) in [5.74, 6) is -0.337. The number of aromatic nitrogens is 1. The number of ether oxygens (including phenoxy) is 1. The second-order valence-corrected chi connectivity index (χ2v) is 9.17. The number of carbonyl (C=O) groups is 1. The van der Waals surface area contributed by atoms with Crippen molar-refractivity contribution in [2.75, 3.05) is 32.8 Å². The van der Waals surface area contributed by atoms with Crippen molar-refractivity contribution in [2.24, 2.45) is 0 Å². The molecule has 1 aromatic carbocycles. The molecule has 8 nitrogen and oxygen atoms in total. The van der Waals surface area contributed by atoms with Crippen LogP contribution in [0.5, 0.6) is 0 Å². The van der Waals surface area contributed by atoms with Gasteiger partial charge in [-0.15, -0.1) is 11.3 Å². The van der Waals surface area contributed by atoms with E-state index in [0.717, 1.165) is 41.3 Å². The van der Waals surface area contributed by atoms with Gasteiger partial charge >= 0.3 is 0 Å². The molecule has 5 atom stereocenters. The Bertz CT molecular complexity index is 837. The number of carbonyl (C=O) groups excluding carboxylic acids is 1. The highest BCUT2D eigenvalue weighted by Crippen LogP contribution is 2.31. The van der Waals surface area contributed by atoms with Crippen molar-refractivity contribution < 1.29 is 9.53 Å². The predicted octanol–water partition coefficient (Wildman–Crippen LogP) is 0.381. The monoisotopic (exact) mass is 416 g/mol. The number of nitrogens with one attached hydrogen (secondary N) is 4. The third-order valence-corrected chi connectivity index (χ3v) is 7.11. The zero-order chi connectivity index (χ0) is 19.8.